The van der Waals surface area contributed by atoms with E-state index >= 15 is 0 Å². The first-order chi connectivity index (χ1) is 13.1. The van der Waals surface area contributed by atoms with Crippen LogP contribution in [0.25, 0.3) is 6.08 Å². The first kappa shape index (κ1) is 17.9. The zero-order chi connectivity index (χ0) is 18.8. The molecule has 0 atom stereocenters. The van der Waals surface area contributed by atoms with Crippen molar-refractivity contribution in [1.29, 1.82) is 0 Å². The topological polar surface area (TPSA) is 48.0 Å². The van der Waals surface area contributed by atoms with Gasteiger partial charge < -0.3 is 14.2 Å². The van der Waals surface area contributed by atoms with Gasteiger partial charge in [-0.2, -0.15) is 0 Å². The van der Waals surface area contributed by atoms with Crippen molar-refractivity contribution in [3.63, 3.8) is 0 Å². The molecule has 138 valence electrons. The quantitative estimate of drug-likeness (QED) is 0.562. The van der Waals surface area contributed by atoms with Gasteiger partial charge in [-0.25, -0.2) is 0 Å². The number of thioether (sulfide) groups is 1. The minimum Gasteiger partial charge on any atom is -0.497 e. The second-order valence-electron chi connectivity index (χ2n) is 6.04. The van der Waals surface area contributed by atoms with Crippen LogP contribution in [0.4, 0.5) is 0 Å². The van der Waals surface area contributed by atoms with E-state index in [0.29, 0.717) is 21.5 Å². The van der Waals surface area contributed by atoms with Gasteiger partial charge in [0, 0.05) is 6.54 Å². The van der Waals surface area contributed by atoms with Crippen LogP contribution < -0.4 is 14.2 Å². The van der Waals surface area contributed by atoms with E-state index in [4.69, 9.17) is 26.4 Å². The third-order valence-corrected chi connectivity index (χ3v) is 5.73. The molecule has 0 spiro atoms. The lowest BCUT2D eigenvalue weighted by molar-refractivity contribution is -0.122. The molecule has 0 aliphatic carbocycles. The number of benzene rings is 2. The van der Waals surface area contributed by atoms with E-state index in [1.807, 2.05) is 48.5 Å². The lowest BCUT2D eigenvalue weighted by Gasteiger charge is -2.14. The molecule has 1 amide bonds. The molecule has 0 saturated carbocycles. The maximum Gasteiger partial charge on any atom is 0.266 e. The highest BCUT2D eigenvalue weighted by Gasteiger charge is 2.31. The molecule has 4 rings (SSSR count). The van der Waals surface area contributed by atoms with Crippen LogP contribution in [0.5, 0.6) is 17.2 Å². The average Bonchev–Trinajstić information content (AvgIpc) is 3.25. The minimum absolute atomic E-state index is 0.0591. The van der Waals surface area contributed by atoms with Crippen LogP contribution >= 0.6 is 24.0 Å². The van der Waals surface area contributed by atoms with Gasteiger partial charge in [-0.3, -0.25) is 9.69 Å². The van der Waals surface area contributed by atoms with Crippen molar-refractivity contribution in [3.05, 3.63) is 58.5 Å². The molecule has 2 heterocycles. The van der Waals surface area contributed by atoms with E-state index in [9.17, 15) is 4.79 Å². The number of carbonyl (C=O) groups is 1. The number of amides is 1. The normalized spacial score (nSPS) is 17.1. The molecular formula is C20H17NO4S2. The summed E-state index contributed by atoms with van der Waals surface area (Å²) in [4.78, 5) is 15.0. The second kappa shape index (κ2) is 7.62. The summed E-state index contributed by atoms with van der Waals surface area (Å²) in [5, 5.41) is 0. The van der Waals surface area contributed by atoms with Crippen LogP contribution in [-0.4, -0.2) is 35.6 Å². The van der Waals surface area contributed by atoms with Crippen LogP contribution in [0, 0.1) is 0 Å². The van der Waals surface area contributed by atoms with Gasteiger partial charge >= 0.3 is 0 Å². The molecule has 2 aliphatic rings. The molecule has 0 radical (unpaired) electrons. The van der Waals surface area contributed by atoms with Gasteiger partial charge in [0.05, 0.1) is 12.0 Å². The molecule has 2 aliphatic heterocycles. The summed E-state index contributed by atoms with van der Waals surface area (Å²) in [6.07, 6.45) is 2.57. The number of rotatable bonds is 5. The molecule has 2 aromatic carbocycles. The van der Waals surface area contributed by atoms with E-state index in [-0.39, 0.29) is 12.7 Å². The number of ether oxygens (including phenoxy) is 3. The van der Waals surface area contributed by atoms with Gasteiger partial charge in [-0.05, 0) is 47.9 Å². The summed E-state index contributed by atoms with van der Waals surface area (Å²) in [6.45, 7) is 0.780. The SMILES string of the molecule is COc1ccc(CCN2C(=O)/C(=C/c3ccc4c(c3)OCO4)SC2=S)cc1. The predicted molar refractivity (Wildman–Crippen MR) is 109 cm³/mol. The Morgan fingerprint density at radius 3 is 2.74 bits per heavy atom. The Labute approximate surface area is 166 Å². The number of hydrogen-bond acceptors (Lipinski definition) is 6. The summed E-state index contributed by atoms with van der Waals surface area (Å²) < 4.78 is 16.5. The molecule has 1 fully saturated rings. The molecule has 0 N–H and O–H groups in total. The molecular weight excluding hydrogens is 382 g/mol. The molecule has 27 heavy (non-hydrogen) atoms. The lowest BCUT2D eigenvalue weighted by Crippen LogP contribution is -2.30. The molecule has 7 heteroatoms. The summed E-state index contributed by atoms with van der Waals surface area (Å²) in [5.74, 6) is 2.17. The van der Waals surface area contributed by atoms with Crippen LogP contribution in [0.15, 0.2) is 47.4 Å². The highest BCUT2D eigenvalue weighted by molar-refractivity contribution is 8.26. The lowest BCUT2D eigenvalue weighted by atomic mass is 10.1. The van der Waals surface area contributed by atoms with E-state index < -0.39 is 0 Å². The van der Waals surface area contributed by atoms with Crippen LogP contribution in [0.3, 0.4) is 0 Å². The molecule has 1 saturated heterocycles. The van der Waals surface area contributed by atoms with E-state index in [2.05, 4.69) is 0 Å². The van der Waals surface area contributed by atoms with Gasteiger partial charge in [-0.1, -0.05) is 42.2 Å². The molecule has 5 nitrogen and oxygen atoms in total. The van der Waals surface area contributed by atoms with Crippen LogP contribution in [0.2, 0.25) is 0 Å². The number of hydrogen-bond donors (Lipinski definition) is 0. The van der Waals surface area contributed by atoms with Gasteiger partial charge in [0.2, 0.25) is 6.79 Å². The van der Waals surface area contributed by atoms with Crippen LogP contribution in [-0.2, 0) is 11.2 Å². The Morgan fingerprint density at radius 2 is 1.96 bits per heavy atom. The summed E-state index contributed by atoms with van der Waals surface area (Å²) in [7, 11) is 1.64. The maximum absolute atomic E-state index is 12.7. The Kier molecular flexibility index (Phi) is 5.05. The molecule has 0 unspecified atom stereocenters. The second-order valence-corrected chi connectivity index (χ2v) is 7.72. The largest absolute Gasteiger partial charge is 0.497 e. The number of nitrogens with zero attached hydrogens (tertiary/aromatic N) is 1. The zero-order valence-corrected chi connectivity index (χ0v) is 16.3. The van der Waals surface area contributed by atoms with Crippen molar-refractivity contribution in [3.8, 4) is 17.2 Å². The summed E-state index contributed by atoms with van der Waals surface area (Å²) >= 11 is 6.74. The van der Waals surface area contributed by atoms with Gasteiger partial charge in [0.15, 0.2) is 11.5 Å². The van der Waals surface area contributed by atoms with E-state index in [1.54, 1.807) is 12.0 Å². The number of thiocarbonyl (C=S) groups is 1. The third-order valence-electron chi connectivity index (χ3n) is 4.35. The Balaban J connectivity index is 1.45. The minimum atomic E-state index is -0.0591. The number of carbonyl (C=O) groups excluding carboxylic acids is 1. The maximum atomic E-state index is 12.7. The fraction of sp³-hybridized carbons (Fsp3) is 0.200. The number of methoxy groups -OCH3 is 1. The monoisotopic (exact) mass is 399 g/mol. The Bertz CT molecular complexity index is 924. The predicted octanol–water partition coefficient (Wildman–Crippen LogP) is 3.87. The van der Waals surface area contributed by atoms with Crippen molar-refractivity contribution >= 4 is 40.3 Å². The van der Waals surface area contributed by atoms with Gasteiger partial charge in [0.25, 0.3) is 5.91 Å². The van der Waals surface area contributed by atoms with Gasteiger partial charge in [0.1, 0.15) is 10.1 Å². The van der Waals surface area contributed by atoms with Crippen molar-refractivity contribution in [2.45, 2.75) is 6.42 Å². The molecule has 2 aromatic rings. The van der Waals surface area contributed by atoms with Crippen molar-refractivity contribution in [1.82, 2.24) is 4.90 Å². The fourth-order valence-electron chi connectivity index (χ4n) is 2.88. The zero-order valence-electron chi connectivity index (χ0n) is 14.6. The third kappa shape index (κ3) is 3.79. The number of fused-ring (bicyclic) bond motifs is 1. The van der Waals surface area contributed by atoms with E-state index in [1.165, 1.54) is 11.8 Å². The standard InChI is InChI=1S/C20H17NO4S2/c1-23-15-5-2-13(3-6-15)8-9-21-19(22)18(27-20(21)26)11-14-4-7-16-17(10-14)25-12-24-16/h2-7,10-11H,8-9,12H2,1H3/b18-11-. The Morgan fingerprint density at radius 1 is 1.19 bits per heavy atom. The van der Waals surface area contributed by atoms with Crippen molar-refractivity contribution < 1.29 is 19.0 Å². The summed E-state index contributed by atoms with van der Waals surface area (Å²) in [6, 6.07) is 13.4. The van der Waals surface area contributed by atoms with E-state index in [0.717, 1.165) is 29.0 Å². The highest BCUT2D eigenvalue weighted by atomic mass is 32.2. The first-order valence-electron chi connectivity index (χ1n) is 8.42. The smallest absolute Gasteiger partial charge is 0.266 e. The van der Waals surface area contributed by atoms with Crippen molar-refractivity contribution in [2.24, 2.45) is 0 Å². The first-order valence-corrected chi connectivity index (χ1v) is 9.64. The fourth-order valence-corrected chi connectivity index (χ4v) is 4.19. The average molecular weight is 399 g/mol. The van der Waals surface area contributed by atoms with Crippen molar-refractivity contribution in [2.75, 3.05) is 20.4 Å². The van der Waals surface area contributed by atoms with Crippen LogP contribution in [0.1, 0.15) is 11.1 Å². The highest BCUT2D eigenvalue weighted by Crippen LogP contribution is 2.36. The molecule has 0 bridgehead atoms. The Hall–Kier alpha value is -2.51. The summed E-state index contributed by atoms with van der Waals surface area (Å²) in [5.41, 5.74) is 2.01. The molecule has 0 aromatic heterocycles. The van der Waals surface area contributed by atoms with Gasteiger partial charge in [-0.15, -0.1) is 0 Å².